The highest BCUT2D eigenvalue weighted by atomic mass is 16.2. The summed E-state index contributed by atoms with van der Waals surface area (Å²) in [5.74, 6) is 0.0450. The number of carbonyl (C=O) groups excluding carboxylic acids is 1. The van der Waals surface area contributed by atoms with Crippen molar-refractivity contribution in [3.63, 3.8) is 0 Å². The first kappa shape index (κ1) is 17.7. The molecular weight excluding hydrogens is 318 g/mol. The summed E-state index contributed by atoms with van der Waals surface area (Å²) in [7, 11) is 0. The second-order valence-electron chi connectivity index (χ2n) is 6.33. The van der Waals surface area contributed by atoms with Crippen LogP contribution in [0.1, 0.15) is 27.0 Å². The lowest BCUT2D eigenvalue weighted by Gasteiger charge is -2.23. The Labute approximate surface area is 155 Å². The number of rotatable bonds is 7. The first-order chi connectivity index (χ1) is 12.8. The molecule has 26 heavy (non-hydrogen) atoms. The predicted molar refractivity (Wildman–Crippen MR) is 107 cm³/mol. The van der Waals surface area contributed by atoms with Crippen LogP contribution in [0.5, 0.6) is 0 Å². The molecule has 0 radical (unpaired) electrons. The van der Waals surface area contributed by atoms with Gasteiger partial charge in [0.1, 0.15) is 0 Å². The molecular formula is C24H23NO. The minimum atomic E-state index is 0.0450. The fraction of sp³-hybridized carbons (Fsp3) is 0.125. The van der Waals surface area contributed by atoms with Crippen LogP contribution in [0.3, 0.4) is 0 Å². The molecule has 3 aromatic rings. The van der Waals surface area contributed by atoms with Crippen molar-refractivity contribution in [3.05, 3.63) is 120 Å². The van der Waals surface area contributed by atoms with E-state index in [0.29, 0.717) is 13.1 Å². The molecule has 0 aliphatic rings. The van der Waals surface area contributed by atoms with Crippen LogP contribution in [0.25, 0.3) is 0 Å². The Hall–Kier alpha value is -3.13. The molecule has 0 unspecified atom stereocenters. The topological polar surface area (TPSA) is 20.3 Å². The number of nitrogens with zero attached hydrogens (tertiary/aromatic N) is 1. The zero-order valence-corrected chi connectivity index (χ0v) is 14.8. The SMILES string of the molecule is C=CCc1cccc(C(=O)N(Cc2ccccc2)Cc2ccccc2)c1. The van der Waals surface area contributed by atoms with Gasteiger partial charge < -0.3 is 4.90 Å². The second kappa shape index (κ2) is 8.82. The van der Waals surface area contributed by atoms with Gasteiger partial charge in [-0.05, 0) is 35.2 Å². The minimum absolute atomic E-state index is 0.0450. The summed E-state index contributed by atoms with van der Waals surface area (Å²) >= 11 is 0. The quantitative estimate of drug-likeness (QED) is 0.537. The van der Waals surface area contributed by atoms with Gasteiger partial charge in [0.15, 0.2) is 0 Å². The van der Waals surface area contributed by atoms with Gasteiger partial charge in [-0.3, -0.25) is 4.79 Å². The van der Waals surface area contributed by atoms with Gasteiger partial charge in [0.25, 0.3) is 5.91 Å². The highest BCUT2D eigenvalue weighted by molar-refractivity contribution is 5.94. The van der Waals surface area contributed by atoms with E-state index in [1.165, 1.54) is 0 Å². The molecule has 0 aromatic heterocycles. The summed E-state index contributed by atoms with van der Waals surface area (Å²) in [4.78, 5) is 15.1. The van der Waals surface area contributed by atoms with E-state index in [0.717, 1.165) is 28.7 Å². The average molecular weight is 341 g/mol. The third-order valence-corrected chi connectivity index (χ3v) is 4.27. The largest absolute Gasteiger partial charge is 0.330 e. The van der Waals surface area contributed by atoms with Crippen molar-refractivity contribution >= 4 is 5.91 Å². The fourth-order valence-electron chi connectivity index (χ4n) is 2.99. The van der Waals surface area contributed by atoms with Crippen molar-refractivity contribution in [2.75, 3.05) is 0 Å². The third kappa shape index (κ3) is 4.70. The zero-order chi connectivity index (χ0) is 18.2. The van der Waals surface area contributed by atoms with E-state index in [9.17, 15) is 4.79 Å². The molecule has 0 spiro atoms. The fourth-order valence-corrected chi connectivity index (χ4v) is 2.99. The smallest absolute Gasteiger partial charge is 0.254 e. The Morgan fingerprint density at radius 2 is 1.31 bits per heavy atom. The van der Waals surface area contributed by atoms with Crippen molar-refractivity contribution in [1.82, 2.24) is 4.90 Å². The lowest BCUT2D eigenvalue weighted by atomic mass is 10.1. The Morgan fingerprint density at radius 3 is 1.85 bits per heavy atom. The average Bonchev–Trinajstić information content (AvgIpc) is 2.69. The van der Waals surface area contributed by atoms with Gasteiger partial charge >= 0.3 is 0 Å². The van der Waals surface area contributed by atoms with Gasteiger partial charge in [-0.25, -0.2) is 0 Å². The van der Waals surface area contributed by atoms with Gasteiger partial charge in [0.05, 0.1) is 0 Å². The monoisotopic (exact) mass is 341 g/mol. The van der Waals surface area contributed by atoms with Gasteiger partial charge in [-0.1, -0.05) is 78.9 Å². The Bertz CT molecular complexity index is 814. The number of allylic oxidation sites excluding steroid dienone is 1. The van der Waals surface area contributed by atoms with E-state index in [1.807, 2.05) is 71.6 Å². The maximum absolute atomic E-state index is 13.2. The minimum Gasteiger partial charge on any atom is -0.330 e. The zero-order valence-electron chi connectivity index (χ0n) is 14.8. The maximum Gasteiger partial charge on any atom is 0.254 e. The molecule has 2 heteroatoms. The van der Waals surface area contributed by atoms with Crippen LogP contribution in [0, 0.1) is 0 Å². The van der Waals surface area contributed by atoms with Crippen LogP contribution in [0.2, 0.25) is 0 Å². The lowest BCUT2D eigenvalue weighted by Crippen LogP contribution is -2.30. The Kier molecular flexibility index (Phi) is 6.00. The molecule has 1 amide bonds. The number of amides is 1. The first-order valence-electron chi connectivity index (χ1n) is 8.83. The first-order valence-corrected chi connectivity index (χ1v) is 8.83. The highest BCUT2D eigenvalue weighted by Gasteiger charge is 2.17. The molecule has 0 fully saturated rings. The number of hydrogen-bond donors (Lipinski definition) is 0. The molecule has 0 atom stereocenters. The van der Waals surface area contributed by atoms with Crippen LogP contribution in [-0.4, -0.2) is 10.8 Å². The van der Waals surface area contributed by atoms with Crippen molar-refractivity contribution in [3.8, 4) is 0 Å². The number of hydrogen-bond acceptors (Lipinski definition) is 1. The van der Waals surface area contributed by atoms with Crippen molar-refractivity contribution < 1.29 is 4.79 Å². The van der Waals surface area contributed by atoms with Crippen LogP contribution >= 0.6 is 0 Å². The van der Waals surface area contributed by atoms with E-state index in [-0.39, 0.29) is 5.91 Å². The van der Waals surface area contributed by atoms with Crippen molar-refractivity contribution in [1.29, 1.82) is 0 Å². The van der Waals surface area contributed by atoms with Crippen molar-refractivity contribution in [2.45, 2.75) is 19.5 Å². The molecule has 0 aliphatic heterocycles. The third-order valence-electron chi connectivity index (χ3n) is 4.27. The summed E-state index contributed by atoms with van der Waals surface area (Å²) in [6.07, 6.45) is 2.62. The summed E-state index contributed by atoms with van der Waals surface area (Å²) in [6, 6.07) is 28.0. The predicted octanol–water partition coefficient (Wildman–Crippen LogP) is 5.26. The molecule has 0 heterocycles. The molecule has 0 aliphatic carbocycles. The van der Waals surface area contributed by atoms with E-state index in [4.69, 9.17) is 0 Å². The highest BCUT2D eigenvalue weighted by Crippen LogP contribution is 2.16. The Balaban J connectivity index is 1.87. The van der Waals surface area contributed by atoms with Crippen molar-refractivity contribution in [2.24, 2.45) is 0 Å². The summed E-state index contributed by atoms with van der Waals surface area (Å²) < 4.78 is 0. The molecule has 0 N–H and O–H groups in total. The van der Waals surface area contributed by atoms with E-state index >= 15 is 0 Å². The second-order valence-corrected chi connectivity index (χ2v) is 6.33. The summed E-state index contributed by atoms with van der Waals surface area (Å²) in [5, 5.41) is 0. The molecule has 0 saturated heterocycles. The van der Waals surface area contributed by atoms with Crippen LogP contribution < -0.4 is 0 Å². The van der Waals surface area contributed by atoms with Gasteiger partial charge in [0, 0.05) is 18.7 Å². The summed E-state index contributed by atoms with van der Waals surface area (Å²) in [5.41, 5.74) is 4.07. The van der Waals surface area contributed by atoms with E-state index < -0.39 is 0 Å². The summed E-state index contributed by atoms with van der Waals surface area (Å²) in [6.45, 7) is 4.95. The number of carbonyl (C=O) groups is 1. The Morgan fingerprint density at radius 1 is 0.769 bits per heavy atom. The van der Waals surface area contributed by atoms with Gasteiger partial charge in [0.2, 0.25) is 0 Å². The van der Waals surface area contributed by atoms with E-state index in [1.54, 1.807) is 0 Å². The maximum atomic E-state index is 13.2. The van der Waals surface area contributed by atoms with Crippen LogP contribution in [0.4, 0.5) is 0 Å². The lowest BCUT2D eigenvalue weighted by molar-refractivity contribution is 0.0730. The van der Waals surface area contributed by atoms with Gasteiger partial charge in [-0.2, -0.15) is 0 Å². The molecule has 0 saturated carbocycles. The molecule has 3 rings (SSSR count). The molecule has 0 bridgehead atoms. The van der Waals surface area contributed by atoms with Gasteiger partial charge in [-0.15, -0.1) is 6.58 Å². The molecule has 130 valence electrons. The van der Waals surface area contributed by atoms with Crippen LogP contribution in [-0.2, 0) is 19.5 Å². The van der Waals surface area contributed by atoms with E-state index in [2.05, 4.69) is 30.8 Å². The molecule has 2 nitrogen and oxygen atoms in total. The standard InChI is InChI=1S/C24H23NO/c1-2-10-20-15-9-16-23(17-20)24(26)25(18-21-11-5-3-6-12-21)19-22-13-7-4-8-14-22/h2-9,11-17H,1,10,18-19H2. The normalized spacial score (nSPS) is 10.3. The number of benzene rings is 3. The molecule has 3 aromatic carbocycles. The van der Waals surface area contributed by atoms with Crippen LogP contribution in [0.15, 0.2) is 97.6 Å².